The van der Waals surface area contributed by atoms with E-state index in [9.17, 15) is 4.79 Å². The van der Waals surface area contributed by atoms with Gasteiger partial charge in [-0.2, -0.15) is 5.10 Å². The number of amides is 1. The zero-order chi connectivity index (χ0) is 19.5. The van der Waals surface area contributed by atoms with Crippen LogP contribution in [-0.4, -0.2) is 40.2 Å². The summed E-state index contributed by atoms with van der Waals surface area (Å²) >= 11 is 0. The summed E-state index contributed by atoms with van der Waals surface area (Å²) in [5.74, 6) is 0.424. The standard InChI is InChI=1S/C23H26N4O.ClH/c1-2-17-8-10-19(11-9-17)22-21(23(28)26-13-12-18(14-24)15-26)16-27(25-22)20-6-4-3-5-7-20;/h3-11,16,18H,2,12-15,24H2,1H3;1H. The number of para-hydroxylation sites is 1. The zero-order valence-corrected chi connectivity index (χ0v) is 17.4. The van der Waals surface area contributed by atoms with E-state index in [1.165, 1.54) is 5.56 Å². The highest BCUT2D eigenvalue weighted by Crippen LogP contribution is 2.27. The van der Waals surface area contributed by atoms with Crippen LogP contribution in [-0.2, 0) is 6.42 Å². The maximum atomic E-state index is 13.3. The highest BCUT2D eigenvalue weighted by molar-refractivity contribution is 6.00. The van der Waals surface area contributed by atoms with Gasteiger partial charge in [0.1, 0.15) is 5.69 Å². The first-order chi connectivity index (χ1) is 13.7. The lowest BCUT2D eigenvalue weighted by molar-refractivity contribution is 0.0788. The molecule has 29 heavy (non-hydrogen) atoms. The number of aromatic nitrogens is 2. The van der Waals surface area contributed by atoms with Crippen LogP contribution in [0, 0.1) is 5.92 Å². The van der Waals surface area contributed by atoms with E-state index in [4.69, 9.17) is 10.8 Å². The Bertz CT molecular complexity index is 953. The number of halogens is 1. The predicted molar refractivity (Wildman–Crippen MR) is 119 cm³/mol. The topological polar surface area (TPSA) is 64.2 Å². The van der Waals surface area contributed by atoms with Crippen molar-refractivity contribution in [3.05, 3.63) is 71.9 Å². The van der Waals surface area contributed by atoms with Crippen LogP contribution in [0.1, 0.15) is 29.3 Å². The van der Waals surface area contributed by atoms with Gasteiger partial charge in [0.25, 0.3) is 5.91 Å². The highest BCUT2D eigenvalue weighted by Gasteiger charge is 2.29. The van der Waals surface area contributed by atoms with Gasteiger partial charge in [-0.15, -0.1) is 12.4 Å². The van der Waals surface area contributed by atoms with Crippen LogP contribution in [0.5, 0.6) is 0 Å². The number of carbonyl (C=O) groups excluding carboxylic acids is 1. The second-order valence-corrected chi connectivity index (χ2v) is 7.36. The van der Waals surface area contributed by atoms with Gasteiger partial charge in [0.15, 0.2) is 0 Å². The van der Waals surface area contributed by atoms with E-state index in [-0.39, 0.29) is 18.3 Å². The summed E-state index contributed by atoms with van der Waals surface area (Å²) in [5, 5.41) is 4.78. The highest BCUT2D eigenvalue weighted by atomic mass is 35.5. The molecular formula is C23H27ClN4O. The molecule has 1 amide bonds. The molecule has 2 aromatic carbocycles. The molecule has 1 atom stereocenters. The number of rotatable bonds is 5. The molecule has 2 heterocycles. The first-order valence-electron chi connectivity index (χ1n) is 9.93. The summed E-state index contributed by atoms with van der Waals surface area (Å²) in [5.41, 5.74) is 10.4. The Morgan fingerprint density at radius 3 is 2.48 bits per heavy atom. The zero-order valence-electron chi connectivity index (χ0n) is 16.6. The maximum Gasteiger partial charge on any atom is 0.257 e. The third kappa shape index (κ3) is 4.36. The molecule has 1 aliphatic rings. The number of likely N-dealkylation sites (tertiary alicyclic amines) is 1. The second-order valence-electron chi connectivity index (χ2n) is 7.36. The molecule has 0 spiro atoms. The summed E-state index contributed by atoms with van der Waals surface area (Å²) in [6, 6.07) is 18.2. The average Bonchev–Trinajstić information content (AvgIpc) is 3.41. The molecule has 1 fully saturated rings. The van der Waals surface area contributed by atoms with Crippen LogP contribution in [0.25, 0.3) is 16.9 Å². The molecule has 1 aromatic heterocycles. The lowest BCUT2D eigenvalue weighted by Crippen LogP contribution is -2.30. The van der Waals surface area contributed by atoms with Crippen molar-refractivity contribution in [2.24, 2.45) is 11.7 Å². The molecule has 0 bridgehead atoms. The van der Waals surface area contributed by atoms with Crippen LogP contribution >= 0.6 is 12.4 Å². The normalized spacial score (nSPS) is 15.9. The van der Waals surface area contributed by atoms with E-state index in [1.54, 1.807) is 4.68 Å². The molecular weight excluding hydrogens is 384 g/mol. The number of hydrogen-bond donors (Lipinski definition) is 1. The molecule has 1 saturated heterocycles. The van der Waals surface area contributed by atoms with Gasteiger partial charge in [-0.3, -0.25) is 4.79 Å². The minimum Gasteiger partial charge on any atom is -0.338 e. The van der Waals surface area contributed by atoms with E-state index in [0.29, 0.717) is 18.0 Å². The van der Waals surface area contributed by atoms with Gasteiger partial charge in [0, 0.05) is 24.8 Å². The number of nitrogens with two attached hydrogens (primary N) is 1. The fraction of sp³-hybridized carbons (Fsp3) is 0.304. The Morgan fingerprint density at radius 1 is 1.14 bits per heavy atom. The van der Waals surface area contributed by atoms with Gasteiger partial charge in [-0.1, -0.05) is 49.4 Å². The molecule has 1 unspecified atom stereocenters. The van der Waals surface area contributed by atoms with Crippen LogP contribution in [0.4, 0.5) is 0 Å². The molecule has 4 rings (SSSR count). The summed E-state index contributed by atoms with van der Waals surface area (Å²) in [6.07, 6.45) is 3.81. The monoisotopic (exact) mass is 410 g/mol. The number of hydrogen-bond acceptors (Lipinski definition) is 3. The van der Waals surface area contributed by atoms with Crippen molar-refractivity contribution >= 4 is 18.3 Å². The first-order valence-corrected chi connectivity index (χ1v) is 9.93. The van der Waals surface area contributed by atoms with E-state index < -0.39 is 0 Å². The van der Waals surface area contributed by atoms with Crippen LogP contribution in [0.3, 0.4) is 0 Å². The third-order valence-electron chi connectivity index (χ3n) is 5.51. The minimum atomic E-state index is 0. The number of benzene rings is 2. The Hall–Kier alpha value is -2.63. The van der Waals surface area contributed by atoms with Gasteiger partial charge >= 0.3 is 0 Å². The number of carbonyl (C=O) groups is 1. The van der Waals surface area contributed by atoms with Gasteiger partial charge in [0.05, 0.1) is 11.3 Å². The summed E-state index contributed by atoms with van der Waals surface area (Å²) in [6.45, 7) is 4.24. The Labute approximate surface area is 177 Å². The first kappa shape index (κ1) is 21.1. The van der Waals surface area contributed by atoms with E-state index in [0.717, 1.165) is 42.9 Å². The van der Waals surface area contributed by atoms with Crippen LogP contribution in [0.15, 0.2) is 60.8 Å². The molecule has 1 aliphatic heterocycles. The van der Waals surface area contributed by atoms with E-state index in [1.807, 2.05) is 41.4 Å². The van der Waals surface area contributed by atoms with Crippen LogP contribution in [0.2, 0.25) is 0 Å². The Balaban J connectivity index is 0.00000240. The third-order valence-corrected chi connectivity index (χ3v) is 5.51. The van der Waals surface area contributed by atoms with Crippen LogP contribution < -0.4 is 5.73 Å². The number of nitrogens with zero attached hydrogens (tertiary/aromatic N) is 3. The quantitative estimate of drug-likeness (QED) is 0.692. The molecule has 152 valence electrons. The van der Waals surface area contributed by atoms with Crippen molar-refractivity contribution in [3.8, 4) is 16.9 Å². The summed E-state index contributed by atoms with van der Waals surface area (Å²) in [4.78, 5) is 15.2. The second kappa shape index (κ2) is 9.25. The molecule has 2 N–H and O–H groups in total. The van der Waals surface area contributed by atoms with Crippen molar-refractivity contribution in [1.82, 2.24) is 14.7 Å². The van der Waals surface area contributed by atoms with Gasteiger partial charge < -0.3 is 10.6 Å². The smallest absolute Gasteiger partial charge is 0.257 e. The molecule has 0 aliphatic carbocycles. The average molecular weight is 411 g/mol. The summed E-state index contributed by atoms with van der Waals surface area (Å²) < 4.78 is 1.80. The van der Waals surface area contributed by atoms with Crippen molar-refractivity contribution in [3.63, 3.8) is 0 Å². The van der Waals surface area contributed by atoms with Crippen molar-refractivity contribution < 1.29 is 4.79 Å². The number of aryl methyl sites for hydroxylation is 1. The molecule has 0 radical (unpaired) electrons. The van der Waals surface area contributed by atoms with Gasteiger partial charge in [0.2, 0.25) is 0 Å². The minimum absolute atomic E-state index is 0. The molecule has 5 nitrogen and oxygen atoms in total. The fourth-order valence-electron chi connectivity index (χ4n) is 3.73. The van der Waals surface area contributed by atoms with Crippen molar-refractivity contribution in [2.75, 3.05) is 19.6 Å². The predicted octanol–water partition coefficient (Wildman–Crippen LogP) is 3.94. The molecule has 3 aromatic rings. The van der Waals surface area contributed by atoms with Gasteiger partial charge in [-0.05, 0) is 43.0 Å². The molecule has 0 saturated carbocycles. The Kier molecular flexibility index (Phi) is 6.72. The molecule has 6 heteroatoms. The van der Waals surface area contributed by atoms with Crippen molar-refractivity contribution in [2.45, 2.75) is 19.8 Å². The lowest BCUT2D eigenvalue weighted by Gasteiger charge is -2.16. The fourth-order valence-corrected chi connectivity index (χ4v) is 3.73. The summed E-state index contributed by atoms with van der Waals surface area (Å²) in [7, 11) is 0. The largest absolute Gasteiger partial charge is 0.338 e. The van der Waals surface area contributed by atoms with E-state index >= 15 is 0 Å². The SMILES string of the molecule is CCc1ccc(-c2nn(-c3ccccc3)cc2C(=O)N2CCC(CN)C2)cc1.Cl. The lowest BCUT2D eigenvalue weighted by atomic mass is 10.0. The maximum absolute atomic E-state index is 13.3. The Morgan fingerprint density at radius 2 is 1.86 bits per heavy atom. The van der Waals surface area contributed by atoms with Gasteiger partial charge in [-0.25, -0.2) is 4.68 Å². The van der Waals surface area contributed by atoms with E-state index in [2.05, 4.69) is 31.2 Å². The van der Waals surface area contributed by atoms with Crippen molar-refractivity contribution in [1.29, 1.82) is 0 Å².